The smallest absolute Gasteiger partial charge is 0.186 e. The Labute approximate surface area is 171 Å². The molecule has 0 aliphatic carbocycles. The minimum Gasteiger partial charge on any atom is -0.378 e. The van der Waals surface area contributed by atoms with Gasteiger partial charge in [-0.2, -0.15) is 0 Å². The van der Waals surface area contributed by atoms with Crippen LogP contribution in [-0.4, -0.2) is 24.9 Å². The van der Waals surface area contributed by atoms with E-state index in [1.807, 2.05) is 74.9 Å². The number of carbonyl (C=O) groups is 1. The second-order valence-corrected chi connectivity index (χ2v) is 7.40. The number of Topliss-reactive ketones (excluding diaryl/α,β-unsaturated/α-hetero) is 1. The number of rotatable bonds is 7. The van der Waals surface area contributed by atoms with Crippen molar-refractivity contribution >= 4 is 22.4 Å². The maximum atomic E-state index is 13.5. The van der Waals surface area contributed by atoms with Crippen LogP contribution < -0.4 is 10.2 Å². The van der Waals surface area contributed by atoms with E-state index in [2.05, 4.69) is 39.5 Å². The van der Waals surface area contributed by atoms with Gasteiger partial charge in [-0.25, -0.2) is 0 Å². The quantitative estimate of drug-likeness (QED) is 0.444. The number of fused-ring (bicyclic) bond motifs is 1. The summed E-state index contributed by atoms with van der Waals surface area (Å²) in [7, 11) is 4.05. The molecule has 1 atom stereocenters. The van der Waals surface area contributed by atoms with E-state index in [4.69, 9.17) is 0 Å². The highest BCUT2D eigenvalue weighted by Crippen LogP contribution is 2.25. The van der Waals surface area contributed by atoms with E-state index < -0.39 is 6.04 Å². The molecule has 1 unspecified atom stereocenters. The normalized spacial score (nSPS) is 12.1. The fraction of sp³-hybridized carbons (Fsp3) is 0.160. The van der Waals surface area contributed by atoms with Gasteiger partial charge in [-0.05, 0) is 29.3 Å². The third-order valence-electron chi connectivity index (χ3n) is 5.21. The first-order chi connectivity index (χ1) is 14.1. The lowest BCUT2D eigenvalue weighted by Crippen LogP contribution is -2.28. The van der Waals surface area contributed by atoms with Crippen molar-refractivity contribution in [1.29, 1.82) is 0 Å². The van der Waals surface area contributed by atoms with Gasteiger partial charge in [-0.1, -0.05) is 60.7 Å². The molecule has 0 aliphatic rings. The molecule has 1 heterocycles. The molecule has 1 aromatic heterocycles. The number of ketones is 1. The van der Waals surface area contributed by atoms with Crippen LogP contribution in [0.1, 0.15) is 27.5 Å². The number of para-hydroxylation sites is 1. The van der Waals surface area contributed by atoms with Crippen molar-refractivity contribution in [3.63, 3.8) is 0 Å². The number of H-pyrrole nitrogens is 1. The zero-order valence-electron chi connectivity index (χ0n) is 16.7. The van der Waals surface area contributed by atoms with Crippen LogP contribution in [0.15, 0.2) is 85.1 Å². The van der Waals surface area contributed by atoms with E-state index in [1.165, 1.54) is 0 Å². The lowest BCUT2D eigenvalue weighted by Gasteiger charge is -2.19. The van der Waals surface area contributed by atoms with E-state index in [1.54, 1.807) is 0 Å². The molecule has 2 N–H and O–H groups in total. The van der Waals surface area contributed by atoms with E-state index in [0.717, 1.165) is 27.7 Å². The highest BCUT2D eigenvalue weighted by molar-refractivity contribution is 6.10. The van der Waals surface area contributed by atoms with Crippen LogP contribution >= 0.6 is 0 Å². The first-order valence-corrected chi connectivity index (χ1v) is 9.78. The van der Waals surface area contributed by atoms with Gasteiger partial charge >= 0.3 is 0 Å². The van der Waals surface area contributed by atoms with Gasteiger partial charge in [0.25, 0.3) is 0 Å². The third kappa shape index (κ3) is 4.08. The topological polar surface area (TPSA) is 48.1 Å². The first kappa shape index (κ1) is 19.0. The summed E-state index contributed by atoms with van der Waals surface area (Å²) in [6.07, 6.45) is 1.82. The monoisotopic (exact) mass is 383 g/mol. The van der Waals surface area contributed by atoms with Crippen LogP contribution in [0.25, 0.3) is 10.9 Å². The van der Waals surface area contributed by atoms with Crippen molar-refractivity contribution in [3.8, 4) is 0 Å². The largest absolute Gasteiger partial charge is 0.378 e. The number of hydrogen-bond donors (Lipinski definition) is 2. The lowest BCUT2D eigenvalue weighted by molar-refractivity contribution is 0.0943. The summed E-state index contributed by atoms with van der Waals surface area (Å²) in [4.78, 5) is 18.8. The highest BCUT2D eigenvalue weighted by Gasteiger charge is 2.23. The minimum atomic E-state index is -0.413. The Morgan fingerprint density at radius 3 is 2.34 bits per heavy atom. The fourth-order valence-electron chi connectivity index (χ4n) is 3.57. The minimum absolute atomic E-state index is 0.0681. The number of hydrogen-bond acceptors (Lipinski definition) is 3. The van der Waals surface area contributed by atoms with E-state index in [-0.39, 0.29) is 5.78 Å². The molecule has 4 aromatic rings. The van der Waals surface area contributed by atoms with Gasteiger partial charge in [0.15, 0.2) is 5.78 Å². The summed E-state index contributed by atoms with van der Waals surface area (Å²) in [6.45, 7) is 0.612. The molecule has 0 spiro atoms. The zero-order chi connectivity index (χ0) is 20.2. The Morgan fingerprint density at radius 1 is 0.931 bits per heavy atom. The predicted molar refractivity (Wildman–Crippen MR) is 119 cm³/mol. The van der Waals surface area contributed by atoms with Gasteiger partial charge in [0.05, 0.1) is 6.04 Å². The molecular weight excluding hydrogens is 358 g/mol. The molecule has 0 amide bonds. The van der Waals surface area contributed by atoms with Crippen LogP contribution in [0.2, 0.25) is 0 Å². The van der Waals surface area contributed by atoms with Gasteiger partial charge in [-0.3, -0.25) is 10.1 Å². The van der Waals surface area contributed by atoms with E-state index in [9.17, 15) is 4.79 Å². The molecule has 0 radical (unpaired) electrons. The van der Waals surface area contributed by atoms with Gasteiger partial charge in [0.2, 0.25) is 0 Å². The second kappa shape index (κ2) is 8.33. The predicted octanol–water partition coefficient (Wildman–Crippen LogP) is 4.95. The Morgan fingerprint density at radius 2 is 1.62 bits per heavy atom. The molecule has 4 nitrogen and oxygen atoms in total. The number of carbonyl (C=O) groups excluding carboxylic acids is 1. The number of nitrogens with one attached hydrogen (secondary N) is 2. The summed E-state index contributed by atoms with van der Waals surface area (Å²) in [5, 5.41) is 4.43. The highest BCUT2D eigenvalue weighted by atomic mass is 16.1. The molecule has 29 heavy (non-hydrogen) atoms. The standard InChI is InChI=1S/C25H25N3O/c1-28(2)20-14-12-18(13-15-20)16-27-24(19-8-4-3-5-9-19)25(29)22-17-26-23-11-7-6-10-21(22)23/h3-15,17,24,26-27H,16H2,1-2H3. The Kier molecular flexibility index (Phi) is 5.45. The molecule has 4 heteroatoms. The molecule has 0 saturated heterocycles. The Bertz CT molecular complexity index is 1100. The molecule has 0 fully saturated rings. The average Bonchev–Trinajstić information content (AvgIpc) is 3.19. The average molecular weight is 383 g/mol. The van der Waals surface area contributed by atoms with Crippen molar-refractivity contribution < 1.29 is 4.79 Å². The fourth-order valence-corrected chi connectivity index (χ4v) is 3.57. The van der Waals surface area contributed by atoms with Gasteiger partial charge in [-0.15, -0.1) is 0 Å². The molecule has 0 aliphatic heterocycles. The van der Waals surface area contributed by atoms with Crippen LogP contribution in [0.5, 0.6) is 0 Å². The van der Waals surface area contributed by atoms with E-state index >= 15 is 0 Å². The lowest BCUT2D eigenvalue weighted by atomic mass is 9.96. The van der Waals surface area contributed by atoms with Crippen LogP contribution in [0, 0.1) is 0 Å². The van der Waals surface area contributed by atoms with Crippen LogP contribution in [-0.2, 0) is 6.54 Å². The molecule has 0 bridgehead atoms. The first-order valence-electron chi connectivity index (χ1n) is 9.78. The maximum Gasteiger partial charge on any atom is 0.186 e. The Hall–Kier alpha value is -3.37. The number of benzene rings is 3. The summed E-state index contributed by atoms with van der Waals surface area (Å²) in [5.74, 6) is 0.0681. The van der Waals surface area contributed by atoms with Crippen LogP contribution in [0.3, 0.4) is 0 Å². The van der Waals surface area contributed by atoms with E-state index in [0.29, 0.717) is 12.1 Å². The summed E-state index contributed by atoms with van der Waals surface area (Å²) in [6, 6.07) is 25.8. The van der Waals surface area contributed by atoms with Crippen molar-refractivity contribution in [1.82, 2.24) is 10.3 Å². The maximum absolute atomic E-state index is 13.5. The second-order valence-electron chi connectivity index (χ2n) is 7.40. The van der Waals surface area contributed by atoms with Crippen LogP contribution in [0.4, 0.5) is 5.69 Å². The van der Waals surface area contributed by atoms with Crippen molar-refractivity contribution in [2.45, 2.75) is 12.6 Å². The van der Waals surface area contributed by atoms with Gasteiger partial charge in [0.1, 0.15) is 0 Å². The molecule has 146 valence electrons. The number of nitrogens with zero attached hydrogens (tertiary/aromatic N) is 1. The van der Waals surface area contributed by atoms with Crippen molar-refractivity contribution in [2.24, 2.45) is 0 Å². The molecular formula is C25H25N3O. The number of anilines is 1. The van der Waals surface area contributed by atoms with Crippen molar-refractivity contribution in [3.05, 3.63) is 102 Å². The SMILES string of the molecule is CN(C)c1ccc(CNC(C(=O)c2c[nH]c3ccccc23)c2ccccc2)cc1. The molecule has 0 saturated carbocycles. The summed E-state index contributed by atoms with van der Waals surface area (Å²) < 4.78 is 0. The van der Waals surface area contributed by atoms with Gasteiger partial charge in [0, 0.05) is 49.0 Å². The van der Waals surface area contributed by atoms with Gasteiger partial charge < -0.3 is 9.88 Å². The number of aromatic amines is 1. The third-order valence-corrected chi connectivity index (χ3v) is 5.21. The number of aromatic nitrogens is 1. The summed E-state index contributed by atoms with van der Waals surface area (Å²) >= 11 is 0. The zero-order valence-corrected chi connectivity index (χ0v) is 16.7. The Balaban J connectivity index is 1.61. The molecule has 3 aromatic carbocycles. The molecule has 4 rings (SSSR count). The summed E-state index contributed by atoms with van der Waals surface area (Å²) in [5.41, 5.74) is 4.95. The van der Waals surface area contributed by atoms with Crippen molar-refractivity contribution in [2.75, 3.05) is 19.0 Å².